The Morgan fingerprint density at radius 3 is 2.61 bits per heavy atom. The fraction of sp³-hybridized carbons (Fsp3) is 0.350. The molecule has 4 rings (SSSR count). The maximum absolute atomic E-state index is 13.3. The summed E-state index contributed by atoms with van der Waals surface area (Å²) >= 11 is 1.26. The van der Waals surface area contributed by atoms with Crippen LogP contribution in [0.15, 0.2) is 45.3 Å². The first-order valence-electron chi connectivity index (χ1n) is 9.26. The van der Waals surface area contributed by atoms with Crippen molar-refractivity contribution < 1.29 is 9.53 Å². The monoisotopic (exact) mass is 399 g/mol. The summed E-state index contributed by atoms with van der Waals surface area (Å²) in [7, 11) is 1.49. The van der Waals surface area contributed by atoms with Gasteiger partial charge in [0, 0.05) is 13.1 Å². The lowest BCUT2D eigenvalue weighted by Crippen LogP contribution is -2.43. The van der Waals surface area contributed by atoms with Gasteiger partial charge in [-0.05, 0) is 42.8 Å². The van der Waals surface area contributed by atoms with Crippen LogP contribution in [-0.2, 0) is 11.3 Å². The SMILES string of the molecule is COc1ccccc1-n1c(=O)c2sccc2n(CC(=O)N2CCCCC2)c1=O. The number of piperidine rings is 1. The van der Waals surface area contributed by atoms with Crippen LogP contribution in [0.3, 0.4) is 0 Å². The van der Waals surface area contributed by atoms with Crippen molar-refractivity contribution in [2.75, 3.05) is 20.2 Å². The third-order valence-electron chi connectivity index (χ3n) is 5.08. The van der Waals surface area contributed by atoms with Gasteiger partial charge in [-0.15, -0.1) is 11.3 Å². The van der Waals surface area contributed by atoms with Crippen LogP contribution in [0.1, 0.15) is 19.3 Å². The first-order chi connectivity index (χ1) is 13.6. The van der Waals surface area contributed by atoms with Crippen LogP contribution in [0.4, 0.5) is 0 Å². The molecule has 1 amide bonds. The molecule has 0 atom stereocenters. The molecule has 0 aliphatic carbocycles. The van der Waals surface area contributed by atoms with E-state index in [9.17, 15) is 14.4 Å². The average Bonchev–Trinajstić information content (AvgIpc) is 3.22. The molecule has 1 fully saturated rings. The van der Waals surface area contributed by atoms with E-state index >= 15 is 0 Å². The lowest BCUT2D eigenvalue weighted by atomic mass is 10.1. The molecule has 1 aliphatic rings. The molecule has 0 bridgehead atoms. The fourth-order valence-electron chi connectivity index (χ4n) is 3.65. The molecule has 1 aliphatic heterocycles. The largest absolute Gasteiger partial charge is 0.495 e. The molecule has 7 nitrogen and oxygen atoms in total. The van der Waals surface area contributed by atoms with Gasteiger partial charge in [-0.2, -0.15) is 0 Å². The zero-order valence-corrected chi connectivity index (χ0v) is 16.4. The molecule has 3 heterocycles. The van der Waals surface area contributed by atoms with Crippen LogP contribution in [0.5, 0.6) is 5.75 Å². The van der Waals surface area contributed by atoms with Gasteiger partial charge in [0.25, 0.3) is 5.56 Å². The second-order valence-corrected chi connectivity index (χ2v) is 7.67. The molecule has 1 saturated heterocycles. The fourth-order valence-corrected chi connectivity index (χ4v) is 4.47. The number of amides is 1. The summed E-state index contributed by atoms with van der Waals surface area (Å²) in [5, 5.41) is 1.76. The van der Waals surface area contributed by atoms with Gasteiger partial charge in [0.1, 0.15) is 17.0 Å². The van der Waals surface area contributed by atoms with Gasteiger partial charge in [-0.1, -0.05) is 12.1 Å². The predicted molar refractivity (Wildman–Crippen MR) is 109 cm³/mol. The van der Waals surface area contributed by atoms with E-state index in [1.165, 1.54) is 23.0 Å². The number of thiophene rings is 1. The van der Waals surface area contributed by atoms with Crippen molar-refractivity contribution in [1.29, 1.82) is 0 Å². The molecule has 28 heavy (non-hydrogen) atoms. The Balaban J connectivity index is 1.87. The number of rotatable bonds is 4. The van der Waals surface area contributed by atoms with Crippen molar-refractivity contribution in [3.05, 3.63) is 56.5 Å². The maximum atomic E-state index is 13.3. The number of fused-ring (bicyclic) bond motifs is 1. The Bertz CT molecular complexity index is 1140. The highest BCUT2D eigenvalue weighted by atomic mass is 32.1. The van der Waals surface area contributed by atoms with E-state index in [1.807, 2.05) is 0 Å². The van der Waals surface area contributed by atoms with Crippen LogP contribution in [-0.4, -0.2) is 40.1 Å². The van der Waals surface area contributed by atoms with E-state index in [0.717, 1.165) is 23.8 Å². The predicted octanol–water partition coefficient (Wildman–Crippen LogP) is 2.23. The van der Waals surface area contributed by atoms with Gasteiger partial charge in [-0.3, -0.25) is 14.2 Å². The van der Waals surface area contributed by atoms with Crippen molar-refractivity contribution in [3.8, 4) is 11.4 Å². The Labute approximate surface area is 165 Å². The molecule has 2 aromatic heterocycles. The van der Waals surface area contributed by atoms with E-state index in [0.29, 0.717) is 34.7 Å². The third-order valence-corrected chi connectivity index (χ3v) is 5.97. The van der Waals surface area contributed by atoms with Crippen LogP contribution < -0.4 is 16.0 Å². The van der Waals surface area contributed by atoms with Gasteiger partial charge in [0.2, 0.25) is 5.91 Å². The minimum absolute atomic E-state index is 0.0818. The van der Waals surface area contributed by atoms with Gasteiger partial charge in [0.05, 0.1) is 18.3 Å². The third kappa shape index (κ3) is 3.13. The van der Waals surface area contributed by atoms with Gasteiger partial charge in [-0.25, -0.2) is 9.36 Å². The van der Waals surface area contributed by atoms with Crippen LogP contribution in [0, 0.1) is 0 Å². The summed E-state index contributed by atoms with van der Waals surface area (Å²) in [6.45, 7) is 1.35. The number of likely N-dealkylation sites (tertiary alicyclic amines) is 1. The molecule has 8 heteroatoms. The first-order valence-corrected chi connectivity index (χ1v) is 10.1. The minimum atomic E-state index is -0.536. The topological polar surface area (TPSA) is 73.5 Å². The summed E-state index contributed by atoms with van der Waals surface area (Å²) < 4.78 is 8.28. The zero-order chi connectivity index (χ0) is 19.7. The highest BCUT2D eigenvalue weighted by Crippen LogP contribution is 2.22. The van der Waals surface area contributed by atoms with Gasteiger partial charge in [0.15, 0.2) is 0 Å². The van der Waals surface area contributed by atoms with Crippen molar-refractivity contribution in [3.63, 3.8) is 0 Å². The van der Waals surface area contributed by atoms with Crippen LogP contribution in [0.2, 0.25) is 0 Å². The first kappa shape index (κ1) is 18.5. The second kappa shape index (κ2) is 7.63. The van der Waals surface area contributed by atoms with Gasteiger partial charge >= 0.3 is 5.69 Å². The molecular weight excluding hydrogens is 378 g/mol. The lowest BCUT2D eigenvalue weighted by molar-refractivity contribution is -0.132. The van der Waals surface area contributed by atoms with E-state index in [1.54, 1.807) is 40.6 Å². The summed E-state index contributed by atoms with van der Waals surface area (Å²) in [5.74, 6) is 0.325. The zero-order valence-electron chi connectivity index (χ0n) is 15.6. The Morgan fingerprint density at radius 2 is 1.86 bits per heavy atom. The quantitative estimate of drug-likeness (QED) is 0.674. The molecule has 0 unspecified atom stereocenters. The summed E-state index contributed by atoms with van der Waals surface area (Å²) in [6.07, 6.45) is 3.08. The number of nitrogens with zero attached hydrogens (tertiary/aromatic N) is 3. The molecule has 0 spiro atoms. The number of hydrogen-bond donors (Lipinski definition) is 0. The number of hydrogen-bond acceptors (Lipinski definition) is 5. The smallest absolute Gasteiger partial charge is 0.336 e. The molecule has 146 valence electrons. The van der Waals surface area contributed by atoms with E-state index in [-0.39, 0.29) is 12.5 Å². The molecule has 0 N–H and O–H groups in total. The molecule has 1 aromatic carbocycles. The van der Waals surface area contributed by atoms with E-state index in [4.69, 9.17) is 4.74 Å². The van der Waals surface area contributed by atoms with Crippen molar-refractivity contribution >= 4 is 27.5 Å². The standard InChI is InChI=1S/C20H21N3O4S/c1-27-16-8-4-3-7-14(16)23-19(25)18-15(9-12-28-18)22(20(23)26)13-17(24)21-10-5-2-6-11-21/h3-4,7-9,12H,2,5-6,10-11,13H2,1H3. The minimum Gasteiger partial charge on any atom is -0.495 e. The number of para-hydroxylation sites is 2. The van der Waals surface area contributed by atoms with Crippen molar-refractivity contribution in [2.24, 2.45) is 0 Å². The Morgan fingerprint density at radius 1 is 1.11 bits per heavy atom. The number of aromatic nitrogens is 2. The van der Waals surface area contributed by atoms with Crippen molar-refractivity contribution in [1.82, 2.24) is 14.0 Å². The maximum Gasteiger partial charge on any atom is 0.336 e. The van der Waals surface area contributed by atoms with E-state index in [2.05, 4.69) is 0 Å². The molecule has 3 aromatic rings. The highest BCUT2D eigenvalue weighted by Gasteiger charge is 2.22. The average molecular weight is 399 g/mol. The Kier molecular flexibility index (Phi) is 5.04. The van der Waals surface area contributed by atoms with E-state index < -0.39 is 11.2 Å². The molecule has 0 saturated carbocycles. The summed E-state index contributed by atoms with van der Waals surface area (Å²) in [5.41, 5.74) is -0.0714. The number of methoxy groups -OCH3 is 1. The second-order valence-electron chi connectivity index (χ2n) is 6.76. The normalized spacial score (nSPS) is 14.4. The Hall–Kier alpha value is -2.87. The summed E-state index contributed by atoms with van der Waals surface area (Å²) in [4.78, 5) is 40.9. The van der Waals surface area contributed by atoms with Crippen molar-refractivity contribution in [2.45, 2.75) is 25.8 Å². The number of ether oxygens (including phenoxy) is 1. The van der Waals surface area contributed by atoms with Crippen LogP contribution in [0.25, 0.3) is 15.9 Å². The number of benzene rings is 1. The lowest BCUT2D eigenvalue weighted by Gasteiger charge is -2.27. The summed E-state index contributed by atoms with van der Waals surface area (Å²) in [6, 6.07) is 8.60. The van der Waals surface area contributed by atoms with Gasteiger partial charge < -0.3 is 9.64 Å². The van der Waals surface area contributed by atoms with Crippen LogP contribution >= 0.6 is 11.3 Å². The highest BCUT2D eigenvalue weighted by molar-refractivity contribution is 7.17. The molecular formula is C20H21N3O4S. The number of carbonyl (C=O) groups is 1. The molecule has 0 radical (unpaired) electrons. The number of carbonyl (C=O) groups excluding carboxylic acids is 1.